The van der Waals surface area contributed by atoms with Crippen molar-refractivity contribution in [2.24, 2.45) is 0 Å². The van der Waals surface area contributed by atoms with Crippen molar-refractivity contribution in [2.75, 3.05) is 28.6 Å². The zero-order valence-electron chi connectivity index (χ0n) is 17.0. The molecule has 0 unspecified atom stereocenters. The highest BCUT2D eigenvalue weighted by Gasteiger charge is 2.16. The fraction of sp³-hybridized carbons (Fsp3) is 0.167. The Morgan fingerprint density at radius 2 is 1.84 bits per heavy atom. The van der Waals surface area contributed by atoms with E-state index >= 15 is 0 Å². The number of nitrogens with zero attached hydrogens (tertiary/aromatic N) is 4. The van der Waals surface area contributed by atoms with Gasteiger partial charge in [0.15, 0.2) is 0 Å². The molecule has 4 rings (SSSR count). The predicted molar refractivity (Wildman–Crippen MR) is 122 cm³/mol. The number of benzene rings is 2. The standard InChI is InChI=1S/C24H22N6O/c1-2-23(31)27-19-6-8-20(9-7-19)28-24-26-12-11-21(29-24)17-5-10-22(18(15-17)16-25)30-13-3-4-14-30/h2,5-12,15H,1,3-4,13-14H2,(H,27,31)(H,26,28,29). The van der Waals surface area contributed by atoms with Gasteiger partial charge in [0, 0.05) is 36.2 Å². The summed E-state index contributed by atoms with van der Waals surface area (Å²) in [6, 6.07) is 17.3. The summed E-state index contributed by atoms with van der Waals surface area (Å²) in [6.45, 7) is 5.42. The van der Waals surface area contributed by atoms with E-state index in [1.807, 2.05) is 36.4 Å². The van der Waals surface area contributed by atoms with Crippen LogP contribution in [0, 0.1) is 11.3 Å². The minimum atomic E-state index is -0.260. The van der Waals surface area contributed by atoms with Crippen molar-refractivity contribution in [3.8, 4) is 17.3 Å². The van der Waals surface area contributed by atoms with Crippen molar-refractivity contribution in [3.63, 3.8) is 0 Å². The molecule has 7 nitrogen and oxygen atoms in total. The molecule has 1 aromatic heterocycles. The normalized spacial score (nSPS) is 12.8. The highest BCUT2D eigenvalue weighted by molar-refractivity contribution is 5.98. The van der Waals surface area contributed by atoms with Gasteiger partial charge in [0.05, 0.1) is 16.9 Å². The number of hydrogen-bond acceptors (Lipinski definition) is 6. The molecule has 1 amide bonds. The van der Waals surface area contributed by atoms with Gasteiger partial charge in [-0.05, 0) is 61.4 Å². The molecule has 0 aliphatic carbocycles. The number of nitrogens with one attached hydrogen (secondary N) is 2. The zero-order chi connectivity index (χ0) is 21.6. The van der Waals surface area contributed by atoms with E-state index in [0.29, 0.717) is 17.2 Å². The maximum atomic E-state index is 11.4. The summed E-state index contributed by atoms with van der Waals surface area (Å²) in [6.07, 6.45) is 5.23. The lowest BCUT2D eigenvalue weighted by molar-refractivity contribution is -0.111. The molecule has 1 saturated heterocycles. The van der Waals surface area contributed by atoms with Crippen molar-refractivity contribution < 1.29 is 4.79 Å². The van der Waals surface area contributed by atoms with Crippen LogP contribution in [-0.2, 0) is 4.79 Å². The molecule has 0 radical (unpaired) electrons. The Hall–Kier alpha value is -4.18. The van der Waals surface area contributed by atoms with Crippen LogP contribution in [0.5, 0.6) is 0 Å². The molecule has 1 aliphatic heterocycles. The first-order chi connectivity index (χ1) is 15.2. The molecule has 1 aliphatic rings. The molecule has 0 bridgehead atoms. The average Bonchev–Trinajstić information content (AvgIpc) is 3.35. The summed E-state index contributed by atoms with van der Waals surface area (Å²) in [5, 5.41) is 15.5. The van der Waals surface area contributed by atoms with Crippen molar-refractivity contribution in [2.45, 2.75) is 12.8 Å². The number of carbonyl (C=O) groups is 1. The van der Waals surface area contributed by atoms with Gasteiger partial charge in [0.1, 0.15) is 6.07 Å². The molecule has 3 aromatic rings. The van der Waals surface area contributed by atoms with E-state index in [2.05, 4.69) is 38.1 Å². The van der Waals surface area contributed by atoms with E-state index in [4.69, 9.17) is 0 Å². The Kier molecular flexibility index (Phi) is 5.90. The first kappa shape index (κ1) is 20.1. The third kappa shape index (κ3) is 4.70. The maximum Gasteiger partial charge on any atom is 0.247 e. The Morgan fingerprint density at radius 3 is 2.55 bits per heavy atom. The fourth-order valence-electron chi connectivity index (χ4n) is 3.56. The van der Waals surface area contributed by atoms with Gasteiger partial charge in [-0.3, -0.25) is 4.79 Å². The second-order valence-electron chi connectivity index (χ2n) is 7.20. The summed E-state index contributed by atoms with van der Waals surface area (Å²) in [5.74, 6) is 0.187. The Morgan fingerprint density at radius 1 is 1.10 bits per heavy atom. The molecule has 2 aromatic carbocycles. The van der Waals surface area contributed by atoms with Crippen LogP contribution >= 0.6 is 0 Å². The first-order valence-electron chi connectivity index (χ1n) is 10.1. The smallest absolute Gasteiger partial charge is 0.247 e. The van der Waals surface area contributed by atoms with Crippen LogP contribution in [0.1, 0.15) is 18.4 Å². The lowest BCUT2D eigenvalue weighted by Crippen LogP contribution is -2.18. The summed E-state index contributed by atoms with van der Waals surface area (Å²) in [7, 11) is 0. The predicted octanol–water partition coefficient (Wildman–Crippen LogP) is 4.48. The molecule has 0 spiro atoms. The molecular formula is C24H22N6O. The quantitative estimate of drug-likeness (QED) is 0.582. The molecule has 0 atom stereocenters. The second kappa shape index (κ2) is 9.09. The average molecular weight is 410 g/mol. The van der Waals surface area contributed by atoms with Gasteiger partial charge in [0.25, 0.3) is 0 Å². The molecule has 154 valence electrons. The molecule has 7 heteroatoms. The molecule has 2 heterocycles. The SMILES string of the molecule is C=CC(=O)Nc1ccc(Nc2nccc(-c3ccc(N4CCCC4)c(C#N)c3)n2)cc1. The summed E-state index contributed by atoms with van der Waals surface area (Å²) < 4.78 is 0. The lowest BCUT2D eigenvalue weighted by Gasteiger charge is -2.19. The number of anilines is 4. The Labute approximate surface area is 181 Å². The van der Waals surface area contributed by atoms with E-state index in [-0.39, 0.29) is 5.91 Å². The third-order valence-electron chi connectivity index (χ3n) is 5.11. The van der Waals surface area contributed by atoms with Crippen LogP contribution < -0.4 is 15.5 Å². The first-order valence-corrected chi connectivity index (χ1v) is 10.1. The minimum absolute atomic E-state index is 0.260. The Balaban J connectivity index is 1.52. The van der Waals surface area contributed by atoms with E-state index < -0.39 is 0 Å². The van der Waals surface area contributed by atoms with E-state index in [9.17, 15) is 10.1 Å². The van der Waals surface area contributed by atoms with Crippen LogP contribution in [0.4, 0.5) is 23.0 Å². The second-order valence-corrected chi connectivity index (χ2v) is 7.20. The van der Waals surface area contributed by atoms with E-state index in [1.54, 1.807) is 18.3 Å². The van der Waals surface area contributed by atoms with Gasteiger partial charge in [-0.25, -0.2) is 9.97 Å². The third-order valence-corrected chi connectivity index (χ3v) is 5.11. The van der Waals surface area contributed by atoms with Crippen molar-refractivity contribution in [1.29, 1.82) is 5.26 Å². The highest BCUT2D eigenvalue weighted by atomic mass is 16.1. The molecule has 0 saturated carbocycles. The largest absolute Gasteiger partial charge is 0.370 e. The molecular weight excluding hydrogens is 388 g/mol. The summed E-state index contributed by atoms with van der Waals surface area (Å²) in [4.78, 5) is 22.5. The summed E-state index contributed by atoms with van der Waals surface area (Å²) in [5.41, 5.74) is 4.71. The number of carbonyl (C=O) groups excluding carboxylic acids is 1. The Bertz CT molecular complexity index is 1140. The monoisotopic (exact) mass is 410 g/mol. The van der Waals surface area contributed by atoms with Crippen molar-refractivity contribution >= 4 is 28.9 Å². The van der Waals surface area contributed by atoms with Crippen LogP contribution in [0.15, 0.2) is 67.4 Å². The molecule has 2 N–H and O–H groups in total. The van der Waals surface area contributed by atoms with Gasteiger partial charge in [-0.15, -0.1) is 0 Å². The van der Waals surface area contributed by atoms with Crippen molar-refractivity contribution in [3.05, 3.63) is 72.9 Å². The number of amides is 1. The number of nitriles is 1. The van der Waals surface area contributed by atoms with Crippen molar-refractivity contribution in [1.82, 2.24) is 9.97 Å². The van der Waals surface area contributed by atoms with Gasteiger partial charge >= 0.3 is 0 Å². The van der Waals surface area contributed by atoms with Crippen LogP contribution in [0.2, 0.25) is 0 Å². The zero-order valence-corrected chi connectivity index (χ0v) is 17.0. The number of rotatable bonds is 6. The lowest BCUT2D eigenvalue weighted by atomic mass is 10.1. The van der Waals surface area contributed by atoms with Gasteiger partial charge in [0.2, 0.25) is 11.9 Å². The van der Waals surface area contributed by atoms with Crippen LogP contribution in [0.25, 0.3) is 11.3 Å². The van der Waals surface area contributed by atoms with E-state index in [1.165, 1.54) is 6.08 Å². The van der Waals surface area contributed by atoms with Crippen LogP contribution in [0.3, 0.4) is 0 Å². The van der Waals surface area contributed by atoms with Gasteiger partial charge in [-0.1, -0.05) is 12.6 Å². The topological polar surface area (TPSA) is 93.9 Å². The van der Waals surface area contributed by atoms with Gasteiger partial charge < -0.3 is 15.5 Å². The van der Waals surface area contributed by atoms with E-state index in [0.717, 1.165) is 48.6 Å². The number of hydrogen-bond donors (Lipinski definition) is 2. The van der Waals surface area contributed by atoms with Gasteiger partial charge in [-0.2, -0.15) is 5.26 Å². The molecule has 31 heavy (non-hydrogen) atoms. The van der Waals surface area contributed by atoms with Crippen LogP contribution in [-0.4, -0.2) is 29.0 Å². The fourth-order valence-corrected chi connectivity index (χ4v) is 3.56. The number of aromatic nitrogens is 2. The highest BCUT2D eigenvalue weighted by Crippen LogP contribution is 2.29. The summed E-state index contributed by atoms with van der Waals surface area (Å²) >= 11 is 0. The maximum absolute atomic E-state index is 11.4. The minimum Gasteiger partial charge on any atom is -0.370 e. The molecule has 1 fully saturated rings.